The molecule has 0 radical (unpaired) electrons. The van der Waals surface area contributed by atoms with E-state index in [4.69, 9.17) is 34.8 Å². The summed E-state index contributed by atoms with van der Waals surface area (Å²) in [6.07, 6.45) is 0. The molecule has 0 atom stereocenters. The number of anilines is 2. The summed E-state index contributed by atoms with van der Waals surface area (Å²) >= 11 is 17.5. The predicted octanol–water partition coefficient (Wildman–Crippen LogP) is 4.70. The van der Waals surface area contributed by atoms with Crippen molar-refractivity contribution in [3.63, 3.8) is 0 Å². The van der Waals surface area contributed by atoms with Gasteiger partial charge in [-0.25, -0.2) is 0 Å². The summed E-state index contributed by atoms with van der Waals surface area (Å²) in [4.78, 5) is 11.8. The minimum absolute atomic E-state index is 0.126. The van der Waals surface area contributed by atoms with Crippen molar-refractivity contribution in [2.75, 3.05) is 17.2 Å². The molecule has 0 spiro atoms. The number of carbonyl (C=O) groups excluding carboxylic acids is 1. The van der Waals surface area contributed by atoms with Gasteiger partial charge < -0.3 is 10.6 Å². The number of nitrogens with one attached hydrogen (secondary N) is 2. The molecular weight excluding hydrogens is 319 g/mol. The summed E-state index contributed by atoms with van der Waals surface area (Å²) < 4.78 is 0. The topological polar surface area (TPSA) is 41.1 Å². The molecule has 0 unspecified atom stereocenters. The van der Waals surface area contributed by atoms with Crippen LogP contribution in [0, 0.1) is 0 Å². The van der Waals surface area contributed by atoms with Gasteiger partial charge in [0, 0.05) is 16.4 Å². The number of carbonyl (C=O) groups is 1. The van der Waals surface area contributed by atoms with Crippen molar-refractivity contribution in [3.05, 3.63) is 57.5 Å². The summed E-state index contributed by atoms with van der Waals surface area (Å²) in [6, 6.07) is 12.1. The molecule has 0 aliphatic carbocycles. The highest BCUT2D eigenvalue weighted by molar-refractivity contribution is 6.42. The molecule has 0 bridgehead atoms. The zero-order valence-corrected chi connectivity index (χ0v) is 12.6. The minimum Gasteiger partial charge on any atom is -0.376 e. The summed E-state index contributed by atoms with van der Waals surface area (Å²) in [5, 5.41) is 7.15. The fourth-order valence-corrected chi connectivity index (χ4v) is 2.05. The van der Waals surface area contributed by atoms with E-state index in [0.717, 1.165) is 5.69 Å². The van der Waals surface area contributed by atoms with Crippen LogP contribution in [0.2, 0.25) is 15.1 Å². The number of hydrogen-bond donors (Lipinski definition) is 2. The Balaban J connectivity index is 1.91. The third-order valence-corrected chi connectivity index (χ3v) is 3.46. The van der Waals surface area contributed by atoms with Crippen molar-refractivity contribution < 1.29 is 4.79 Å². The lowest BCUT2D eigenvalue weighted by Gasteiger charge is -2.08. The number of hydrogen-bond acceptors (Lipinski definition) is 2. The van der Waals surface area contributed by atoms with E-state index in [-0.39, 0.29) is 12.5 Å². The Morgan fingerprint density at radius 2 is 1.75 bits per heavy atom. The fourth-order valence-electron chi connectivity index (χ4n) is 1.56. The molecule has 0 aliphatic rings. The average Bonchev–Trinajstić information content (AvgIpc) is 2.41. The van der Waals surface area contributed by atoms with E-state index in [1.54, 1.807) is 30.3 Å². The van der Waals surface area contributed by atoms with Crippen LogP contribution in [0.15, 0.2) is 42.5 Å². The van der Waals surface area contributed by atoms with E-state index in [1.165, 1.54) is 0 Å². The Morgan fingerprint density at radius 3 is 2.45 bits per heavy atom. The molecule has 2 N–H and O–H groups in total. The van der Waals surface area contributed by atoms with Gasteiger partial charge in [0.05, 0.1) is 16.6 Å². The Morgan fingerprint density at radius 1 is 0.950 bits per heavy atom. The second kappa shape index (κ2) is 6.84. The number of amides is 1. The van der Waals surface area contributed by atoms with Gasteiger partial charge in [-0.2, -0.15) is 0 Å². The van der Waals surface area contributed by atoms with Crippen LogP contribution in [0.4, 0.5) is 11.4 Å². The number of halogens is 3. The van der Waals surface area contributed by atoms with Crippen LogP contribution in [0.3, 0.4) is 0 Å². The molecule has 104 valence electrons. The standard InChI is InChI=1S/C14H11Cl3N2O/c15-9-2-1-3-10(6-9)18-8-14(20)19-11-4-5-12(16)13(17)7-11/h1-7,18H,8H2,(H,19,20). The van der Waals surface area contributed by atoms with Crippen LogP contribution >= 0.6 is 34.8 Å². The number of benzene rings is 2. The second-order valence-corrected chi connectivity index (χ2v) is 5.29. The van der Waals surface area contributed by atoms with E-state index in [2.05, 4.69) is 10.6 Å². The zero-order chi connectivity index (χ0) is 14.5. The van der Waals surface area contributed by atoms with E-state index >= 15 is 0 Å². The van der Waals surface area contributed by atoms with Gasteiger partial charge in [0.1, 0.15) is 0 Å². The van der Waals surface area contributed by atoms with Gasteiger partial charge in [0.25, 0.3) is 0 Å². The molecule has 2 aromatic rings. The van der Waals surface area contributed by atoms with Crippen LogP contribution in [0.25, 0.3) is 0 Å². The third-order valence-electron chi connectivity index (χ3n) is 2.48. The molecule has 3 nitrogen and oxygen atoms in total. The fraction of sp³-hybridized carbons (Fsp3) is 0.0714. The monoisotopic (exact) mass is 328 g/mol. The average molecular weight is 330 g/mol. The highest BCUT2D eigenvalue weighted by Gasteiger charge is 2.04. The van der Waals surface area contributed by atoms with Crippen LogP contribution < -0.4 is 10.6 Å². The van der Waals surface area contributed by atoms with Gasteiger partial charge in [-0.05, 0) is 36.4 Å². The lowest BCUT2D eigenvalue weighted by molar-refractivity contribution is -0.114. The van der Waals surface area contributed by atoms with Crippen molar-refractivity contribution in [1.82, 2.24) is 0 Å². The van der Waals surface area contributed by atoms with E-state index in [1.807, 2.05) is 12.1 Å². The van der Waals surface area contributed by atoms with Gasteiger partial charge in [-0.1, -0.05) is 40.9 Å². The predicted molar refractivity (Wildman–Crippen MR) is 85.0 cm³/mol. The van der Waals surface area contributed by atoms with Crippen molar-refractivity contribution in [3.8, 4) is 0 Å². The SMILES string of the molecule is O=C(CNc1cccc(Cl)c1)Nc1ccc(Cl)c(Cl)c1. The van der Waals surface area contributed by atoms with Gasteiger partial charge >= 0.3 is 0 Å². The van der Waals surface area contributed by atoms with Gasteiger partial charge in [-0.3, -0.25) is 4.79 Å². The van der Waals surface area contributed by atoms with Crippen molar-refractivity contribution >= 4 is 52.1 Å². The molecule has 0 aromatic heterocycles. The smallest absolute Gasteiger partial charge is 0.243 e. The quantitative estimate of drug-likeness (QED) is 0.854. The third kappa shape index (κ3) is 4.30. The maximum absolute atomic E-state index is 11.8. The molecular formula is C14H11Cl3N2O. The molecule has 2 aromatic carbocycles. The van der Waals surface area contributed by atoms with E-state index in [9.17, 15) is 4.79 Å². The molecule has 0 aliphatic heterocycles. The van der Waals surface area contributed by atoms with Crippen molar-refractivity contribution in [1.29, 1.82) is 0 Å². The highest BCUT2D eigenvalue weighted by Crippen LogP contribution is 2.24. The highest BCUT2D eigenvalue weighted by atomic mass is 35.5. The summed E-state index contributed by atoms with van der Waals surface area (Å²) in [7, 11) is 0. The number of rotatable bonds is 4. The van der Waals surface area contributed by atoms with Crippen molar-refractivity contribution in [2.24, 2.45) is 0 Å². The van der Waals surface area contributed by atoms with E-state index in [0.29, 0.717) is 20.8 Å². The molecule has 6 heteroatoms. The Kier molecular flexibility index (Phi) is 5.12. The lowest BCUT2D eigenvalue weighted by Crippen LogP contribution is -2.21. The normalized spacial score (nSPS) is 10.2. The second-order valence-electron chi connectivity index (χ2n) is 4.04. The molecule has 2 rings (SSSR count). The largest absolute Gasteiger partial charge is 0.376 e. The first-order valence-electron chi connectivity index (χ1n) is 5.79. The molecule has 0 fully saturated rings. The Labute approximate surface area is 131 Å². The summed E-state index contributed by atoms with van der Waals surface area (Å²) in [5.41, 5.74) is 1.37. The molecule has 0 saturated heterocycles. The van der Waals surface area contributed by atoms with Gasteiger partial charge in [0.2, 0.25) is 5.91 Å². The maximum atomic E-state index is 11.8. The van der Waals surface area contributed by atoms with Crippen LogP contribution in [-0.2, 0) is 4.79 Å². The molecule has 20 heavy (non-hydrogen) atoms. The lowest BCUT2D eigenvalue weighted by atomic mass is 10.3. The van der Waals surface area contributed by atoms with Gasteiger partial charge in [0.15, 0.2) is 0 Å². The first-order chi connectivity index (χ1) is 9.54. The molecule has 0 heterocycles. The minimum atomic E-state index is -0.191. The first-order valence-corrected chi connectivity index (χ1v) is 6.92. The van der Waals surface area contributed by atoms with Gasteiger partial charge in [-0.15, -0.1) is 0 Å². The van der Waals surface area contributed by atoms with E-state index < -0.39 is 0 Å². The first kappa shape index (κ1) is 15.0. The van der Waals surface area contributed by atoms with Crippen LogP contribution in [-0.4, -0.2) is 12.5 Å². The Hall–Kier alpha value is -1.42. The molecule has 1 amide bonds. The maximum Gasteiger partial charge on any atom is 0.243 e. The van der Waals surface area contributed by atoms with Crippen molar-refractivity contribution in [2.45, 2.75) is 0 Å². The zero-order valence-electron chi connectivity index (χ0n) is 10.3. The van der Waals surface area contributed by atoms with Crippen LogP contribution in [0.1, 0.15) is 0 Å². The Bertz CT molecular complexity index is 632. The van der Waals surface area contributed by atoms with Crippen LogP contribution in [0.5, 0.6) is 0 Å². The molecule has 0 saturated carbocycles. The summed E-state index contributed by atoms with van der Waals surface area (Å²) in [5.74, 6) is -0.191. The summed E-state index contributed by atoms with van der Waals surface area (Å²) in [6.45, 7) is 0.126.